The van der Waals surface area contributed by atoms with E-state index in [4.69, 9.17) is 15.2 Å². The fraction of sp³-hybridized carbons (Fsp3) is 0.103. The molecule has 3 aromatic heterocycles. The summed E-state index contributed by atoms with van der Waals surface area (Å²) in [4.78, 5) is 28.3. The van der Waals surface area contributed by atoms with Crippen LogP contribution in [0.2, 0.25) is 0 Å². The molecule has 0 saturated heterocycles. The molecule has 0 bridgehead atoms. The second-order valence-electron chi connectivity index (χ2n) is 8.84. The highest BCUT2D eigenvalue weighted by atomic mass is 19.2. The quantitative estimate of drug-likeness (QED) is 0.254. The van der Waals surface area contributed by atoms with Crippen LogP contribution in [0.5, 0.6) is 11.5 Å². The zero-order chi connectivity index (χ0) is 28.4. The Labute approximate surface area is 227 Å². The number of aryl methyl sites for hydroxylation is 1. The van der Waals surface area contributed by atoms with Gasteiger partial charge in [-0.05, 0) is 48.4 Å². The van der Waals surface area contributed by atoms with Crippen LogP contribution in [0.25, 0.3) is 33.6 Å². The molecule has 2 aromatic carbocycles. The normalized spacial score (nSPS) is 10.8. The number of nitrogens with one attached hydrogen (secondary N) is 1. The van der Waals surface area contributed by atoms with Gasteiger partial charge in [0.2, 0.25) is 5.43 Å². The van der Waals surface area contributed by atoms with Crippen molar-refractivity contribution in [3.63, 3.8) is 0 Å². The number of benzene rings is 2. The molecule has 0 spiro atoms. The molecule has 3 N–H and O–H groups in total. The van der Waals surface area contributed by atoms with E-state index in [0.29, 0.717) is 22.6 Å². The SMILES string of the molecule is COc1ccc(-c2cnc(N)c(-c3ccc(N(F)c4c[nH]cc(-c5ncc(C)cn5)c4=O)cc3F)c2)cc1OC. The molecule has 0 fully saturated rings. The minimum atomic E-state index is -0.757. The van der Waals surface area contributed by atoms with E-state index in [1.165, 1.54) is 38.7 Å². The number of rotatable bonds is 7. The Morgan fingerprint density at radius 1 is 0.850 bits per heavy atom. The number of nitrogens with zero attached hydrogens (tertiary/aromatic N) is 4. The van der Waals surface area contributed by atoms with Crippen LogP contribution in [0.15, 0.2) is 78.2 Å². The summed E-state index contributed by atoms with van der Waals surface area (Å²) in [6.07, 6.45) is 7.23. The predicted molar refractivity (Wildman–Crippen MR) is 149 cm³/mol. The van der Waals surface area contributed by atoms with Gasteiger partial charge in [-0.25, -0.2) is 19.3 Å². The van der Waals surface area contributed by atoms with E-state index in [9.17, 15) is 4.79 Å². The van der Waals surface area contributed by atoms with E-state index < -0.39 is 11.2 Å². The van der Waals surface area contributed by atoms with Crippen molar-refractivity contribution >= 4 is 17.2 Å². The molecule has 5 rings (SSSR count). The van der Waals surface area contributed by atoms with Gasteiger partial charge in [-0.3, -0.25) is 4.79 Å². The Hall–Kier alpha value is -5.32. The zero-order valence-electron chi connectivity index (χ0n) is 21.8. The van der Waals surface area contributed by atoms with E-state index in [-0.39, 0.29) is 39.3 Å². The molecule has 202 valence electrons. The number of hydrogen-bond acceptors (Lipinski definition) is 8. The lowest BCUT2D eigenvalue weighted by Crippen LogP contribution is -2.17. The standard InChI is InChI=1S/C29H24F2N6O3/c1-16-11-35-29(36-12-16)22-14-33-15-24(27(22)38)37(31)19-5-6-20(23(30)10-19)21-8-18(13-34-28(21)32)17-4-7-25(39-2)26(9-17)40-3/h4-15H,1-3H3,(H2,32,34)(H,33,38). The topological polar surface area (TPSA) is 119 Å². The molecule has 0 unspecified atom stereocenters. The Kier molecular flexibility index (Phi) is 7.11. The molecule has 0 aliphatic carbocycles. The third-order valence-corrected chi connectivity index (χ3v) is 6.26. The average molecular weight is 543 g/mol. The maximum atomic E-state index is 15.4. The highest BCUT2D eigenvalue weighted by Crippen LogP contribution is 2.37. The molecule has 0 amide bonds. The molecule has 0 saturated carbocycles. The monoisotopic (exact) mass is 542 g/mol. The first-order chi connectivity index (χ1) is 19.3. The van der Waals surface area contributed by atoms with Gasteiger partial charge in [0.15, 0.2) is 17.3 Å². The summed E-state index contributed by atoms with van der Waals surface area (Å²) >= 11 is 0. The van der Waals surface area contributed by atoms with Gasteiger partial charge in [0.05, 0.1) is 25.5 Å². The first-order valence-corrected chi connectivity index (χ1v) is 12.0. The van der Waals surface area contributed by atoms with Crippen molar-refractivity contribution in [2.24, 2.45) is 0 Å². The van der Waals surface area contributed by atoms with E-state index >= 15 is 8.87 Å². The lowest BCUT2D eigenvalue weighted by molar-refractivity contribution is 0.355. The van der Waals surface area contributed by atoms with Crippen molar-refractivity contribution in [1.29, 1.82) is 0 Å². The second kappa shape index (κ2) is 10.8. The summed E-state index contributed by atoms with van der Waals surface area (Å²) in [6.45, 7) is 1.81. The fourth-order valence-corrected chi connectivity index (χ4v) is 4.16. The molecular weight excluding hydrogens is 518 g/mol. The number of nitrogens with two attached hydrogens (primary N) is 1. The third-order valence-electron chi connectivity index (χ3n) is 6.26. The molecule has 11 heteroatoms. The number of hydrogen-bond donors (Lipinski definition) is 2. The first-order valence-electron chi connectivity index (χ1n) is 12.0. The molecule has 0 radical (unpaired) electrons. The van der Waals surface area contributed by atoms with Crippen LogP contribution in [0.3, 0.4) is 0 Å². The van der Waals surface area contributed by atoms with Crippen LogP contribution >= 0.6 is 0 Å². The van der Waals surface area contributed by atoms with Gasteiger partial charge in [-0.1, -0.05) is 10.5 Å². The molecule has 9 nitrogen and oxygen atoms in total. The van der Waals surface area contributed by atoms with E-state index in [2.05, 4.69) is 19.9 Å². The molecule has 0 atom stereocenters. The van der Waals surface area contributed by atoms with Crippen LogP contribution in [0.4, 0.5) is 26.1 Å². The number of halogens is 2. The van der Waals surface area contributed by atoms with Crippen molar-refractivity contribution < 1.29 is 18.3 Å². The second-order valence-corrected chi connectivity index (χ2v) is 8.84. The third kappa shape index (κ3) is 4.92. The Bertz CT molecular complexity index is 1760. The van der Waals surface area contributed by atoms with E-state index in [1.807, 2.05) is 13.0 Å². The minimum Gasteiger partial charge on any atom is -0.493 e. The number of H-pyrrole nitrogens is 1. The molecular formula is C29H24F2N6O3. The van der Waals surface area contributed by atoms with Crippen LogP contribution < -0.4 is 25.8 Å². The van der Waals surface area contributed by atoms with Gasteiger partial charge >= 0.3 is 0 Å². The summed E-state index contributed by atoms with van der Waals surface area (Å²) in [5, 5.41) is 0.102. The largest absolute Gasteiger partial charge is 0.493 e. The first kappa shape index (κ1) is 26.3. The average Bonchev–Trinajstić information content (AvgIpc) is 2.97. The Morgan fingerprint density at radius 3 is 2.30 bits per heavy atom. The highest BCUT2D eigenvalue weighted by Gasteiger charge is 2.20. The van der Waals surface area contributed by atoms with Gasteiger partial charge in [0.1, 0.15) is 17.3 Å². The number of aromatic amines is 1. The van der Waals surface area contributed by atoms with Gasteiger partial charge in [0, 0.05) is 53.7 Å². The fourth-order valence-electron chi connectivity index (χ4n) is 4.16. The lowest BCUT2D eigenvalue weighted by Gasteiger charge is -2.16. The van der Waals surface area contributed by atoms with E-state index in [1.54, 1.807) is 36.8 Å². The van der Waals surface area contributed by atoms with Crippen molar-refractivity contribution in [3.8, 4) is 45.1 Å². The number of pyridine rings is 2. The maximum absolute atomic E-state index is 15.4. The van der Waals surface area contributed by atoms with Gasteiger partial charge < -0.3 is 20.2 Å². The number of nitrogen functional groups attached to an aromatic ring is 1. The van der Waals surface area contributed by atoms with Gasteiger partial charge in [-0.15, -0.1) is 0 Å². The van der Waals surface area contributed by atoms with Crippen molar-refractivity contribution in [1.82, 2.24) is 19.9 Å². The number of methoxy groups -OCH3 is 2. The Morgan fingerprint density at radius 2 is 1.60 bits per heavy atom. The van der Waals surface area contributed by atoms with E-state index in [0.717, 1.165) is 17.2 Å². The molecule has 0 aliphatic heterocycles. The molecule has 5 aromatic rings. The van der Waals surface area contributed by atoms with Crippen molar-refractivity contribution in [3.05, 3.63) is 95.1 Å². The summed E-state index contributed by atoms with van der Waals surface area (Å²) in [5.41, 5.74) is 7.59. The van der Waals surface area contributed by atoms with Gasteiger partial charge in [-0.2, -0.15) is 5.12 Å². The minimum absolute atomic E-state index is 0.0723. The summed E-state index contributed by atoms with van der Waals surface area (Å²) < 4.78 is 41.5. The summed E-state index contributed by atoms with van der Waals surface area (Å²) in [7, 11) is 3.07. The summed E-state index contributed by atoms with van der Waals surface area (Å²) in [6, 6.07) is 10.7. The smallest absolute Gasteiger partial charge is 0.218 e. The Balaban J connectivity index is 1.49. The van der Waals surface area contributed by atoms with Crippen molar-refractivity contribution in [2.45, 2.75) is 6.92 Å². The molecule has 3 heterocycles. The van der Waals surface area contributed by atoms with Crippen LogP contribution in [-0.4, -0.2) is 34.2 Å². The lowest BCUT2D eigenvalue weighted by atomic mass is 10.00. The highest BCUT2D eigenvalue weighted by molar-refractivity contribution is 5.81. The van der Waals surface area contributed by atoms with Crippen molar-refractivity contribution in [2.75, 3.05) is 25.1 Å². The van der Waals surface area contributed by atoms with Crippen LogP contribution in [-0.2, 0) is 0 Å². The van der Waals surface area contributed by atoms with Gasteiger partial charge in [0.25, 0.3) is 0 Å². The van der Waals surface area contributed by atoms with Crippen LogP contribution in [0, 0.1) is 12.7 Å². The predicted octanol–water partition coefficient (Wildman–Crippen LogP) is 5.63. The molecule has 40 heavy (non-hydrogen) atoms. The molecule has 0 aliphatic rings. The number of ether oxygens (including phenoxy) is 2. The van der Waals surface area contributed by atoms with Crippen LogP contribution in [0.1, 0.15) is 5.56 Å². The zero-order valence-corrected chi connectivity index (χ0v) is 21.8. The number of anilines is 3. The maximum Gasteiger partial charge on any atom is 0.218 e. The summed E-state index contributed by atoms with van der Waals surface area (Å²) in [5.74, 6) is 0.553. The number of aromatic nitrogens is 4.